The second-order valence-corrected chi connectivity index (χ2v) is 4.35. The first-order valence-corrected chi connectivity index (χ1v) is 5.46. The lowest BCUT2D eigenvalue weighted by molar-refractivity contribution is -0.131. The van der Waals surface area contributed by atoms with Gasteiger partial charge in [0, 0.05) is 6.54 Å². The molecule has 1 aliphatic heterocycles. The molecule has 0 N–H and O–H groups in total. The molecule has 1 heterocycles. The summed E-state index contributed by atoms with van der Waals surface area (Å²) in [6, 6.07) is 0. The molecule has 2 aliphatic rings. The minimum atomic E-state index is 0.149. The Labute approximate surface area is 71.3 Å². The van der Waals surface area contributed by atoms with Gasteiger partial charge in [-0.3, -0.25) is 4.79 Å². The van der Waals surface area contributed by atoms with E-state index < -0.39 is 0 Å². The van der Waals surface area contributed by atoms with E-state index in [9.17, 15) is 4.79 Å². The van der Waals surface area contributed by atoms with Crippen LogP contribution in [-0.2, 0) is 4.79 Å². The molecule has 1 amide bonds. The molecular weight excluding hydrogens is 158 g/mol. The Bertz CT molecular complexity index is 189. The van der Waals surface area contributed by atoms with Crippen LogP contribution in [0.3, 0.4) is 0 Å². The summed E-state index contributed by atoms with van der Waals surface area (Å²) in [5.41, 5.74) is 0.149. The van der Waals surface area contributed by atoms with Crippen LogP contribution in [0.5, 0.6) is 0 Å². The van der Waals surface area contributed by atoms with Crippen LogP contribution in [0, 0.1) is 5.41 Å². The highest BCUT2D eigenvalue weighted by atomic mass is 32.2. The Morgan fingerprint density at radius 3 is 2.73 bits per heavy atom. The van der Waals surface area contributed by atoms with Gasteiger partial charge in [-0.2, -0.15) is 0 Å². The summed E-state index contributed by atoms with van der Waals surface area (Å²) >= 11 is 1.74. The van der Waals surface area contributed by atoms with Crippen LogP contribution in [-0.4, -0.2) is 29.5 Å². The maximum absolute atomic E-state index is 11.6. The summed E-state index contributed by atoms with van der Waals surface area (Å²) in [5, 5.41) is 0. The number of hydrogen-bond donors (Lipinski definition) is 0. The molecule has 0 aromatic carbocycles. The lowest BCUT2D eigenvalue weighted by atomic mass is 10.1. The maximum atomic E-state index is 11.6. The molecule has 2 nitrogen and oxygen atoms in total. The molecule has 3 heteroatoms. The predicted molar refractivity (Wildman–Crippen MR) is 46.4 cm³/mol. The number of nitrogens with zero attached hydrogens (tertiary/aromatic N) is 1. The van der Waals surface area contributed by atoms with Gasteiger partial charge in [0.25, 0.3) is 0 Å². The fourth-order valence-electron chi connectivity index (χ4n) is 1.79. The summed E-state index contributed by atoms with van der Waals surface area (Å²) in [6.07, 6.45) is 5.46. The van der Waals surface area contributed by atoms with Crippen molar-refractivity contribution in [1.82, 2.24) is 4.90 Å². The quantitative estimate of drug-likeness (QED) is 0.624. The fourth-order valence-corrected chi connectivity index (χ4v) is 2.34. The Hall–Kier alpha value is -0.180. The third-order valence-corrected chi connectivity index (χ3v) is 3.31. The van der Waals surface area contributed by atoms with Gasteiger partial charge in [0.05, 0.1) is 11.3 Å². The van der Waals surface area contributed by atoms with Crippen molar-refractivity contribution in [3.8, 4) is 0 Å². The fraction of sp³-hybridized carbons (Fsp3) is 0.875. The third kappa shape index (κ3) is 1.06. The van der Waals surface area contributed by atoms with Gasteiger partial charge in [-0.1, -0.05) is 0 Å². The molecule has 0 atom stereocenters. The Morgan fingerprint density at radius 1 is 1.55 bits per heavy atom. The predicted octanol–water partition coefficient (Wildman–Crippen LogP) is 1.32. The van der Waals surface area contributed by atoms with E-state index in [1.807, 2.05) is 11.2 Å². The van der Waals surface area contributed by atoms with Crippen molar-refractivity contribution in [2.45, 2.75) is 19.3 Å². The van der Waals surface area contributed by atoms with Crippen molar-refractivity contribution < 1.29 is 4.79 Å². The first kappa shape index (κ1) is 7.47. The molecule has 62 valence electrons. The smallest absolute Gasteiger partial charge is 0.229 e. The number of likely N-dealkylation sites (tertiary alicyclic amines) is 1. The van der Waals surface area contributed by atoms with E-state index in [-0.39, 0.29) is 5.41 Å². The molecular formula is C8H13NOS. The van der Waals surface area contributed by atoms with Gasteiger partial charge in [0.15, 0.2) is 0 Å². The zero-order valence-corrected chi connectivity index (χ0v) is 7.62. The summed E-state index contributed by atoms with van der Waals surface area (Å²) in [4.78, 5) is 13.6. The van der Waals surface area contributed by atoms with E-state index in [4.69, 9.17) is 0 Å². The number of carbonyl (C=O) groups excluding carboxylic acids is 1. The van der Waals surface area contributed by atoms with E-state index in [1.165, 1.54) is 0 Å². The van der Waals surface area contributed by atoms with Gasteiger partial charge < -0.3 is 4.90 Å². The molecule has 2 fully saturated rings. The lowest BCUT2D eigenvalue weighted by Crippen LogP contribution is -2.27. The lowest BCUT2D eigenvalue weighted by Gasteiger charge is -2.13. The van der Waals surface area contributed by atoms with Crippen LogP contribution in [0.25, 0.3) is 0 Å². The number of hydrogen-bond acceptors (Lipinski definition) is 2. The molecule has 1 saturated heterocycles. The van der Waals surface area contributed by atoms with Crippen molar-refractivity contribution in [3.63, 3.8) is 0 Å². The van der Waals surface area contributed by atoms with E-state index in [0.29, 0.717) is 5.91 Å². The van der Waals surface area contributed by atoms with Crippen LogP contribution in [0.2, 0.25) is 0 Å². The SMILES string of the molecule is CSCN1CCC2(CC2)C1=O. The van der Waals surface area contributed by atoms with Crippen molar-refractivity contribution >= 4 is 17.7 Å². The largest absolute Gasteiger partial charge is 0.333 e. The molecule has 0 unspecified atom stereocenters. The Balaban J connectivity index is 2.01. The molecule has 0 bridgehead atoms. The van der Waals surface area contributed by atoms with Gasteiger partial charge in [-0.25, -0.2) is 0 Å². The van der Waals surface area contributed by atoms with Crippen LogP contribution < -0.4 is 0 Å². The van der Waals surface area contributed by atoms with E-state index in [0.717, 1.165) is 31.7 Å². The molecule has 1 saturated carbocycles. The summed E-state index contributed by atoms with van der Waals surface area (Å²) < 4.78 is 0. The minimum Gasteiger partial charge on any atom is -0.333 e. The highest BCUT2D eigenvalue weighted by molar-refractivity contribution is 7.98. The average molecular weight is 171 g/mol. The molecule has 1 aliphatic carbocycles. The van der Waals surface area contributed by atoms with Crippen LogP contribution in [0.15, 0.2) is 0 Å². The minimum absolute atomic E-state index is 0.149. The van der Waals surface area contributed by atoms with E-state index in [1.54, 1.807) is 11.8 Å². The van der Waals surface area contributed by atoms with Gasteiger partial charge in [-0.15, -0.1) is 11.8 Å². The normalized spacial score (nSPS) is 26.6. The van der Waals surface area contributed by atoms with Gasteiger partial charge >= 0.3 is 0 Å². The van der Waals surface area contributed by atoms with E-state index >= 15 is 0 Å². The number of rotatable bonds is 2. The second kappa shape index (κ2) is 2.41. The number of amides is 1. The standard InChI is InChI=1S/C8H13NOS/c1-11-6-9-5-4-8(2-3-8)7(9)10/h2-6H2,1H3. The average Bonchev–Trinajstić information content (AvgIpc) is 2.71. The van der Waals surface area contributed by atoms with E-state index in [2.05, 4.69) is 0 Å². The highest BCUT2D eigenvalue weighted by Crippen LogP contribution is 2.53. The molecule has 1 spiro atoms. The summed E-state index contributed by atoms with van der Waals surface area (Å²) in [6.45, 7) is 1.000. The highest BCUT2D eigenvalue weighted by Gasteiger charge is 2.55. The first-order chi connectivity index (χ1) is 5.28. The Morgan fingerprint density at radius 2 is 2.27 bits per heavy atom. The summed E-state index contributed by atoms with van der Waals surface area (Å²) in [5.74, 6) is 1.31. The van der Waals surface area contributed by atoms with Gasteiger partial charge in [-0.05, 0) is 25.5 Å². The summed E-state index contributed by atoms with van der Waals surface area (Å²) in [7, 11) is 0. The van der Waals surface area contributed by atoms with Crippen molar-refractivity contribution in [2.75, 3.05) is 18.7 Å². The van der Waals surface area contributed by atoms with Crippen LogP contribution >= 0.6 is 11.8 Å². The number of thioether (sulfide) groups is 1. The molecule has 0 aromatic rings. The number of carbonyl (C=O) groups is 1. The van der Waals surface area contributed by atoms with Crippen LogP contribution in [0.1, 0.15) is 19.3 Å². The Kier molecular flexibility index (Phi) is 1.63. The van der Waals surface area contributed by atoms with Crippen molar-refractivity contribution in [3.05, 3.63) is 0 Å². The molecule has 0 radical (unpaired) electrons. The monoisotopic (exact) mass is 171 g/mol. The molecule has 0 aromatic heterocycles. The molecule has 2 rings (SSSR count). The molecule has 11 heavy (non-hydrogen) atoms. The van der Waals surface area contributed by atoms with Crippen LogP contribution in [0.4, 0.5) is 0 Å². The van der Waals surface area contributed by atoms with Crippen molar-refractivity contribution in [1.29, 1.82) is 0 Å². The van der Waals surface area contributed by atoms with Gasteiger partial charge in [0.1, 0.15) is 0 Å². The topological polar surface area (TPSA) is 20.3 Å². The zero-order chi connectivity index (χ0) is 7.90. The first-order valence-electron chi connectivity index (χ1n) is 4.07. The van der Waals surface area contributed by atoms with Crippen molar-refractivity contribution in [2.24, 2.45) is 5.41 Å². The maximum Gasteiger partial charge on any atom is 0.229 e. The second-order valence-electron chi connectivity index (χ2n) is 3.52. The third-order valence-electron chi connectivity index (χ3n) is 2.74. The van der Waals surface area contributed by atoms with Gasteiger partial charge in [0.2, 0.25) is 5.91 Å². The zero-order valence-electron chi connectivity index (χ0n) is 6.80.